The van der Waals surface area contributed by atoms with E-state index in [1.807, 2.05) is 37.8 Å². The second-order valence-corrected chi connectivity index (χ2v) is 8.58. The average molecular weight is 455 g/mol. The smallest absolute Gasteiger partial charge is 0.194 e. The zero-order valence-electron chi connectivity index (χ0n) is 13.9. The molecule has 1 N–H and O–H groups in total. The number of aliphatic imine (C=N–C) groups is 1. The Kier molecular flexibility index (Phi) is 7.73. The van der Waals surface area contributed by atoms with Crippen molar-refractivity contribution in [2.24, 2.45) is 4.99 Å². The number of halogens is 1. The van der Waals surface area contributed by atoms with Crippen LogP contribution in [0, 0.1) is 0 Å². The van der Waals surface area contributed by atoms with Crippen molar-refractivity contribution in [3.8, 4) is 0 Å². The van der Waals surface area contributed by atoms with Crippen LogP contribution in [0.15, 0.2) is 10.4 Å². The van der Waals surface area contributed by atoms with Gasteiger partial charge in [0.1, 0.15) is 0 Å². The molecule has 1 saturated heterocycles. The van der Waals surface area contributed by atoms with E-state index < -0.39 is 0 Å². The Labute approximate surface area is 159 Å². The number of hydrogen-bond acceptors (Lipinski definition) is 5. The molecule has 2 heterocycles. The van der Waals surface area contributed by atoms with Crippen LogP contribution < -0.4 is 10.2 Å². The maximum absolute atomic E-state index is 4.59. The van der Waals surface area contributed by atoms with Crippen molar-refractivity contribution in [2.45, 2.75) is 25.1 Å². The first-order chi connectivity index (χ1) is 9.91. The van der Waals surface area contributed by atoms with E-state index in [4.69, 9.17) is 0 Å². The van der Waals surface area contributed by atoms with Crippen molar-refractivity contribution in [3.05, 3.63) is 11.1 Å². The van der Waals surface area contributed by atoms with Crippen molar-refractivity contribution < 1.29 is 0 Å². The first kappa shape index (κ1) is 19.8. The zero-order valence-corrected chi connectivity index (χ0v) is 17.9. The molecule has 1 aliphatic rings. The number of thiazole rings is 1. The maximum Gasteiger partial charge on any atom is 0.194 e. The quantitative estimate of drug-likeness (QED) is 0.432. The normalized spacial score (nSPS) is 17.9. The van der Waals surface area contributed by atoms with E-state index in [1.54, 1.807) is 11.3 Å². The molecule has 0 unspecified atom stereocenters. The van der Waals surface area contributed by atoms with Gasteiger partial charge in [-0.05, 0) is 13.8 Å². The van der Waals surface area contributed by atoms with E-state index >= 15 is 0 Å². The topological polar surface area (TPSA) is 43.8 Å². The summed E-state index contributed by atoms with van der Waals surface area (Å²) in [6.45, 7) is 7.38. The molecule has 22 heavy (non-hydrogen) atoms. The molecule has 0 atom stereocenters. The Hall–Kier alpha value is -0.220. The number of anilines is 1. The summed E-state index contributed by atoms with van der Waals surface area (Å²) in [4.78, 5) is 13.4. The molecule has 0 aliphatic carbocycles. The summed E-state index contributed by atoms with van der Waals surface area (Å²) < 4.78 is 0.286. The van der Waals surface area contributed by atoms with Gasteiger partial charge >= 0.3 is 0 Å². The van der Waals surface area contributed by atoms with Crippen molar-refractivity contribution in [1.82, 2.24) is 15.2 Å². The van der Waals surface area contributed by atoms with Crippen LogP contribution in [-0.4, -0.2) is 60.6 Å². The molecule has 0 aromatic carbocycles. The highest BCUT2D eigenvalue weighted by atomic mass is 127. The average Bonchev–Trinajstić information content (AvgIpc) is 2.87. The lowest BCUT2D eigenvalue weighted by molar-refractivity contribution is 0.375. The van der Waals surface area contributed by atoms with Crippen LogP contribution in [0.2, 0.25) is 0 Å². The van der Waals surface area contributed by atoms with E-state index in [-0.39, 0.29) is 28.7 Å². The van der Waals surface area contributed by atoms with Crippen LogP contribution in [0.25, 0.3) is 0 Å². The first-order valence-corrected chi connectivity index (χ1v) is 8.99. The number of guanidine groups is 1. The lowest BCUT2D eigenvalue weighted by atomic mass is 10.2. The van der Waals surface area contributed by atoms with Crippen LogP contribution in [0.5, 0.6) is 0 Å². The van der Waals surface area contributed by atoms with E-state index in [0.717, 1.165) is 42.2 Å². The van der Waals surface area contributed by atoms with Gasteiger partial charge in [-0.15, -0.1) is 35.3 Å². The number of nitrogens with one attached hydrogen (secondary N) is 1. The number of rotatable bonds is 3. The third kappa shape index (κ3) is 5.45. The molecule has 1 aromatic rings. The number of hydrogen-bond donors (Lipinski definition) is 1. The number of aromatic nitrogens is 1. The monoisotopic (exact) mass is 455 g/mol. The van der Waals surface area contributed by atoms with Crippen molar-refractivity contribution in [1.29, 1.82) is 0 Å². The molecule has 2 rings (SSSR count). The summed E-state index contributed by atoms with van der Waals surface area (Å²) in [7, 11) is 5.88. The van der Waals surface area contributed by atoms with E-state index in [0.29, 0.717) is 0 Å². The minimum atomic E-state index is 0. The molecule has 5 nitrogen and oxygen atoms in total. The summed E-state index contributed by atoms with van der Waals surface area (Å²) in [6, 6.07) is 0. The zero-order chi connectivity index (χ0) is 15.5. The van der Waals surface area contributed by atoms with Crippen molar-refractivity contribution in [2.75, 3.05) is 44.9 Å². The largest absolute Gasteiger partial charge is 0.354 e. The summed E-state index contributed by atoms with van der Waals surface area (Å²) >= 11 is 3.70. The van der Waals surface area contributed by atoms with Gasteiger partial charge in [0.25, 0.3) is 0 Å². The molecule has 0 bridgehead atoms. The van der Waals surface area contributed by atoms with Gasteiger partial charge in [0.05, 0.1) is 12.2 Å². The molecule has 1 aliphatic heterocycles. The Bertz CT molecular complexity index is 501. The summed E-state index contributed by atoms with van der Waals surface area (Å²) in [5.74, 6) is 2.12. The minimum absolute atomic E-state index is 0. The second kappa shape index (κ2) is 8.58. The molecule has 1 aromatic heterocycles. The lowest BCUT2D eigenvalue weighted by Gasteiger charge is -2.39. The van der Waals surface area contributed by atoms with Crippen LogP contribution in [-0.2, 0) is 6.54 Å². The highest BCUT2D eigenvalue weighted by molar-refractivity contribution is 14.0. The van der Waals surface area contributed by atoms with Crippen LogP contribution >= 0.6 is 47.1 Å². The molecule has 126 valence electrons. The molecular weight excluding hydrogens is 429 g/mol. The van der Waals surface area contributed by atoms with Gasteiger partial charge in [-0.3, -0.25) is 4.99 Å². The van der Waals surface area contributed by atoms with Crippen LogP contribution in [0.1, 0.15) is 19.5 Å². The molecule has 0 amide bonds. The summed E-state index contributed by atoms with van der Waals surface area (Å²) in [5.41, 5.74) is 1.07. The summed E-state index contributed by atoms with van der Waals surface area (Å²) in [5, 5.41) is 6.58. The van der Waals surface area contributed by atoms with Gasteiger partial charge < -0.3 is 15.1 Å². The van der Waals surface area contributed by atoms with Gasteiger partial charge in [-0.25, -0.2) is 4.98 Å². The van der Waals surface area contributed by atoms with Crippen LogP contribution in [0.3, 0.4) is 0 Å². The predicted octanol–water partition coefficient (Wildman–Crippen LogP) is 2.73. The summed E-state index contributed by atoms with van der Waals surface area (Å²) in [6.07, 6.45) is 0. The minimum Gasteiger partial charge on any atom is -0.354 e. The fourth-order valence-electron chi connectivity index (χ4n) is 2.28. The number of thioether (sulfide) groups is 1. The van der Waals surface area contributed by atoms with Crippen molar-refractivity contribution >= 4 is 58.2 Å². The van der Waals surface area contributed by atoms with E-state index in [9.17, 15) is 0 Å². The number of nitrogens with zero attached hydrogens (tertiary/aromatic N) is 4. The fourth-order valence-corrected chi connectivity index (χ4v) is 4.15. The van der Waals surface area contributed by atoms with Crippen molar-refractivity contribution in [3.63, 3.8) is 0 Å². The van der Waals surface area contributed by atoms with Gasteiger partial charge in [-0.2, -0.15) is 11.8 Å². The predicted molar refractivity (Wildman–Crippen MR) is 110 cm³/mol. The Balaban J connectivity index is 0.00000242. The fraction of sp³-hybridized carbons (Fsp3) is 0.714. The highest BCUT2D eigenvalue weighted by Crippen LogP contribution is 2.29. The van der Waals surface area contributed by atoms with Gasteiger partial charge in [0.15, 0.2) is 11.1 Å². The molecule has 0 radical (unpaired) electrons. The van der Waals surface area contributed by atoms with Gasteiger partial charge in [0.2, 0.25) is 0 Å². The van der Waals surface area contributed by atoms with Gasteiger partial charge in [0, 0.05) is 50.1 Å². The molecule has 8 heteroatoms. The first-order valence-electron chi connectivity index (χ1n) is 7.12. The third-order valence-corrected chi connectivity index (χ3v) is 5.64. The van der Waals surface area contributed by atoms with Gasteiger partial charge in [-0.1, -0.05) is 0 Å². The molecule has 1 fully saturated rings. The molecular formula is C14H26IN5S2. The maximum atomic E-state index is 4.59. The molecule has 0 spiro atoms. The highest BCUT2D eigenvalue weighted by Gasteiger charge is 2.28. The molecule has 0 saturated carbocycles. The SMILES string of the molecule is CN=C(NCc1csc(N(C)C)n1)N1CCSC(C)(C)C1.I. The Morgan fingerprint density at radius 2 is 2.23 bits per heavy atom. The Morgan fingerprint density at radius 3 is 2.77 bits per heavy atom. The third-order valence-electron chi connectivity index (χ3n) is 3.29. The Morgan fingerprint density at radius 1 is 1.50 bits per heavy atom. The van der Waals surface area contributed by atoms with Crippen LogP contribution in [0.4, 0.5) is 5.13 Å². The van der Waals surface area contributed by atoms with E-state index in [1.165, 1.54) is 0 Å². The lowest BCUT2D eigenvalue weighted by Crippen LogP contribution is -2.50. The van der Waals surface area contributed by atoms with E-state index in [2.05, 4.69) is 39.4 Å². The second-order valence-electron chi connectivity index (χ2n) is 5.95. The standard InChI is InChI=1S/C14H25N5S2.HI/c1-14(2)10-19(6-7-21-14)12(15-3)16-8-11-9-20-13(17-11)18(4)5;/h9H,6-8,10H2,1-5H3,(H,15,16);1H.